The highest BCUT2D eigenvalue weighted by Crippen LogP contribution is 2.31. The predicted octanol–water partition coefficient (Wildman–Crippen LogP) is 6.36. The number of rotatable bonds is 5. The van der Waals surface area contributed by atoms with Crippen LogP contribution in [0.3, 0.4) is 0 Å². The van der Waals surface area contributed by atoms with Crippen LogP contribution in [-0.4, -0.2) is 9.97 Å². The van der Waals surface area contributed by atoms with Crippen molar-refractivity contribution in [3.8, 4) is 0 Å². The van der Waals surface area contributed by atoms with E-state index in [0.29, 0.717) is 0 Å². The third-order valence-corrected chi connectivity index (χ3v) is 6.58. The smallest absolute Gasteiger partial charge is 0.133 e. The maximum absolute atomic E-state index is 4.92. The molecule has 142 valence electrons. The number of aromatic nitrogens is 2. The van der Waals surface area contributed by atoms with E-state index in [0.717, 1.165) is 30.6 Å². The Bertz CT molecular complexity index is 1120. The van der Waals surface area contributed by atoms with Gasteiger partial charge in [0.2, 0.25) is 0 Å². The molecule has 2 nitrogen and oxygen atoms in total. The Balaban J connectivity index is 1.62. The normalized spacial score (nSPS) is 11.3. The summed E-state index contributed by atoms with van der Waals surface area (Å²) in [5.41, 5.74) is 8.87. The minimum Gasteiger partial charge on any atom is -0.236 e. The van der Waals surface area contributed by atoms with Crippen LogP contribution in [0.5, 0.6) is 0 Å². The molecule has 28 heavy (non-hydrogen) atoms. The second-order valence-electron chi connectivity index (χ2n) is 7.56. The van der Waals surface area contributed by atoms with Crippen molar-refractivity contribution < 1.29 is 0 Å². The van der Waals surface area contributed by atoms with Crippen molar-refractivity contribution in [2.24, 2.45) is 0 Å². The Hall–Kier alpha value is -2.52. The largest absolute Gasteiger partial charge is 0.236 e. The van der Waals surface area contributed by atoms with E-state index >= 15 is 0 Å². The Morgan fingerprint density at radius 3 is 2.25 bits per heavy atom. The molecule has 0 aliphatic carbocycles. The zero-order valence-corrected chi connectivity index (χ0v) is 17.9. The first-order valence-corrected chi connectivity index (χ1v) is 10.7. The molecule has 2 aromatic heterocycles. The van der Waals surface area contributed by atoms with E-state index in [-0.39, 0.29) is 0 Å². The fourth-order valence-corrected chi connectivity index (χ4v) is 4.76. The standard InChI is InChI=1S/C25H26N2S/c1-5-22-25-24(17(3)18(4)28-25)27-23(26-22)15-21-8-6-7-20(14-21)13-19-11-9-16(2)10-12-19/h6-12,14H,5,13,15H2,1-4H3. The topological polar surface area (TPSA) is 25.8 Å². The van der Waals surface area contributed by atoms with E-state index in [1.54, 1.807) is 0 Å². The van der Waals surface area contributed by atoms with Crippen molar-refractivity contribution in [1.29, 1.82) is 0 Å². The molecule has 0 radical (unpaired) electrons. The molecule has 0 aliphatic heterocycles. The monoisotopic (exact) mass is 386 g/mol. The van der Waals surface area contributed by atoms with Gasteiger partial charge < -0.3 is 0 Å². The first-order chi connectivity index (χ1) is 13.5. The lowest BCUT2D eigenvalue weighted by Gasteiger charge is -2.08. The highest BCUT2D eigenvalue weighted by Gasteiger charge is 2.13. The number of benzene rings is 2. The molecule has 0 aliphatic rings. The van der Waals surface area contributed by atoms with Crippen molar-refractivity contribution >= 4 is 21.6 Å². The minimum absolute atomic E-state index is 0.777. The third kappa shape index (κ3) is 3.85. The summed E-state index contributed by atoms with van der Waals surface area (Å²) in [6.07, 6.45) is 2.68. The van der Waals surface area contributed by atoms with Gasteiger partial charge in [-0.3, -0.25) is 0 Å². The Labute approximate surface area is 171 Å². The van der Waals surface area contributed by atoms with E-state index in [9.17, 15) is 0 Å². The maximum Gasteiger partial charge on any atom is 0.133 e. The first kappa shape index (κ1) is 18.8. The summed E-state index contributed by atoms with van der Waals surface area (Å²) in [6.45, 7) is 8.66. The number of hydrogen-bond acceptors (Lipinski definition) is 3. The lowest BCUT2D eigenvalue weighted by Crippen LogP contribution is -2.01. The summed E-state index contributed by atoms with van der Waals surface area (Å²) in [5, 5.41) is 0. The fraction of sp³-hybridized carbons (Fsp3) is 0.280. The third-order valence-electron chi connectivity index (χ3n) is 5.34. The summed E-state index contributed by atoms with van der Waals surface area (Å²) in [6, 6.07) is 17.6. The van der Waals surface area contributed by atoms with Crippen LogP contribution in [0, 0.1) is 20.8 Å². The number of fused-ring (bicyclic) bond motifs is 1. The van der Waals surface area contributed by atoms with Crippen LogP contribution in [-0.2, 0) is 19.3 Å². The lowest BCUT2D eigenvalue weighted by atomic mass is 10.0. The van der Waals surface area contributed by atoms with Gasteiger partial charge in [0.25, 0.3) is 0 Å². The van der Waals surface area contributed by atoms with Gasteiger partial charge in [-0.1, -0.05) is 61.0 Å². The summed E-state index contributed by atoms with van der Waals surface area (Å²) in [5.74, 6) is 0.928. The molecule has 0 atom stereocenters. The number of hydrogen-bond donors (Lipinski definition) is 0. The van der Waals surface area contributed by atoms with E-state index in [1.165, 1.54) is 43.1 Å². The summed E-state index contributed by atoms with van der Waals surface area (Å²) in [7, 11) is 0. The van der Waals surface area contributed by atoms with Crippen molar-refractivity contribution in [2.75, 3.05) is 0 Å². The predicted molar refractivity (Wildman–Crippen MR) is 120 cm³/mol. The SMILES string of the molecule is CCc1nc(Cc2cccc(Cc3ccc(C)cc3)c2)nc2c(C)c(C)sc12. The van der Waals surface area contributed by atoms with Gasteiger partial charge in [0.1, 0.15) is 5.82 Å². The molecular formula is C25H26N2S. The van der Waals surface area contributed by atoms with E-state index in [4.69, 9.17) is 9.97 Å². The summed E-state index contributed by atoms with van der Waals surface area (Å²) < 4.78 is 1.26. The molecule has 0 N–H and O–H groups in total. The quantitative estimate of drug-likeness (QED) is 0.399. The van der Waals surface area contributed by atoms with Crippen LogP contribution in [0.1, 0.15) is 51.1 Å². The van der Waals surface area contributed by atoms with Crippen LogP contribution in [0.4, 0.5) is 0 Å². The summed E-state index contributed by atoms with van der Waals surface area (Å²) >= 11 is 1.82. The first-order valence-electron chi connectivity index (χ1n) is 9.92. The van der Waals surface area contributed by atoms with E-state index < -0.39 is 0 Å². The van der Waals surface area contributed by atoms with Gasteiger partial charge in [0.05, 0.1) is 15.9 Å². The van der Waals surface area contributed by atoms with Crippen LogP contribution in [0.2, 0.25) is 0 Å². The van der Waals surface area contributed by atoms with Gasteiger partial charge in [0, 0.05) is 11.3 Å². The molecule has 2 aromatic carbocycles. The van der Waals surface area contributed by atoms with Gasteiger partial charge in [-0.15, -0.1) is 11.3 Å². The molecule has 4 aromatic rings. The number of nitrogens with zero attached hydrogens (tertiary/aromatic N) is 2. The van der Waals surface area contributed by atoms with Gasteiger partial charge in [-0.2, -0.15) is 0 Å². The fourth-order valence-electron chi connectivity index (χ4n) is 3.60. The molecule has 3 heteroatoms. The molecule has 0 unspecified atom stereocenters. The lowest BCUT2D eigenvalue weighted by molar-refractivity contribution is 0.932. The molecule has 4 rings (SSSR count). The molecule has 0 spiro atoms. The average molecular weight is 387 g/mol. The van der Waals surface area contributed by atoms with Crippen molar-refractivity contribution in [2.45, 2.75) is 47.0 Å². The van der Waals surface area contributed by atoms with Gasteiger partial charge >= 0.3 is 0 Å². The molecule has 2 heterocycles. The van der Waals surface area contributed by atoms with Crippen LogP contribution < -0.4 is 0 Å². The molecular weight excluding hydrogens is 360 g/mol. The molecule has 0 saturated heterocycles. The molecule has 0 bridgehead atoms. The molecule has 0 amide bonds. The Kier molecular flexibility index (Phi) is 5.27. The van der Waals surface area contributed by atoms with Crippen molar-refractivity contribution in [3.63, 3.8) is 0 Å². The van der Waals surface area contributed by atoms with Gasteiger partial charge in [0.15, 0.2) is 0 Å². The van der Waals surface area contributed by atoms with Crippen molar-refractivity contribution in [3.05, 3.63) is 92.7 Å². The van der Waals surface area contributed by atoms with Crippen LogP contribution in [0.15, 0.2) is 48.5 Å². The average Bonchev–Trinajstić information content (AvgIpc) is 2.98. The van der Waals surface area contributed by atoms with E-state index in [1.807, 2.05) is 11.3 Å². The van der Waals surface area contributed by atoms with Crippen LogP contribution in [0.25, 0.3) is 10.2 Å². The summed E-state index contributed by atoms with van der Waals surface area (Å²) in [4.78, 5) is 11.2. The van der Waals surface area contributed by atoms with E-state index in [2.05, 4.69) is 76.2 Å². The second kappa shape index (κ2) is 7.84. The number of aryl methyl sites for hydroxylation is 4. The molecule has 0 saturated carbocycles. The molecule has 0 fully saturated rings. The minimum atomic E-state index is 0.777. The maximum atomic E-state index is 4.92. The van der Waals surface area contributed by atoms with Crippen LogP contribution >= 0.6 is 11.3 Å². The number of thiophene rings is 1. The highest BCUT2D eigenvalue weighted by atomic mass is 32.1. The highest BCUT2D eigenvalue weighted by molar-refractivity contribution is 7.19. The second-order valence-corrected chi connectivity index (χ2v) is 8.78. The Morgan fingerprint density at radius 2 is 1.54 bits per heavy atom. The van der Waals surface area contributed by atoms with Gasteiger partial charge in [-0.05, 0) is 55.9 Å². The van der Waals surface area contributed by atoms with Crippen molar-refractivity contribution in [1.82, 2.24) is 9.97 Å². The van der Waals surface area contributed by atoms with Gasteiger partial charge in [-0.25, -0.2) is 9.97 Å². The zero-order valence-electron chi connectivity index (χ0n) is 17.0. The Morgan fingerprint density at radius 1 is 0.821 bits per heavy atom. The zero-order chi connectivity index (χ0) is 19.7.